The first-order chi connectivity index (χ1) is 6.84. The SMILES string of the molecule is CCC#CCNC(=O)c1ccncc1. The number of aromatic nitrogens is 1. The first kappa shape index (κ1) is 10.3. The van der Waals surface area contributed by atoms with Gasteiger partial charge in [-0.15, -0.1) is 5.92 Å². The Hall–Kier alpha value is -1.82. The number of carbonyl (C=O) groups is 1. The summed E-state index contributed by atoms with van der Waals surface area (Å²) in [4.78, 5) is 15.2. The van der Waals surface area contributed by atoms with Crippen LogP contribution in [0.25, 0.3) is 0 Å². The van der Waals surface area contributed by atoms with Crippen molar-refractivity contribution in [2.75, 3.05) is 6.54 Å². The van der Waals surface area contributed by atoms with Crippen molar-refractivity contribution < 1.29 is 4.79 Å². The van der Waals surface area contributed by atoms with Gasteiger partial charge in [-0.1, -0.05) is 12.8 Å². The van der Waals surface area contributed by atoms with Crippen molar-refractivity contribution in [1.82, 2.24) is 10.3 Å². The van der Waals surface area contributed by atoms with Crippen molar-refractivity contribution >= 4 is 5.91 Å². The molecule has 0 aliphatic heterocycles. The minimum atomic E-state index is -0.113. The molecule has 1 aromatic heterocycles. The van der Waals surface area contributed by atoms with E-state index >= 15 is 0 Å². The zero-order valence-electron chi connectivity index (χ0n) is 8.08. The van der Waals surface area contributed by atoms with Crippen LogP contribution in [0.3, 0.4) is 0 Å². The quantitative estimate of drug-likeness (QED) is 0.709. The van der Waals surface area contributed by atoms with Gasteiger partial charge < -0.3 is 5.32 Å². The lowest BCUT2D eigenvalue weighted by Gasteiger charge is -1.99. The van der Waals surface area contributed by atoms with Gasteiger partial charge in [0.15, 0.2) is 0 Å². The molecule has 1 aromatic rings. The Morgan fingerprint density at radius 2 is 2.14 bits per heavy atom. The van der Waals surface area contributed by atoms with Crippen LogP contribution in [0.2, 0.25) is 0 Å². The summed E-state index contributed by atoms with van der Waals surface area (Å²) in [5.74, 6) is 5.60. The van der Waals surface area contributed by atoms with Crippen molar-refractivity contribution in [1.29, 1.82) is 0 Å². The summed E-state index contributed by atoms with van der Waals surface area (Å²) >= 11 is 0. The normalized spacial score (nSPS) is 8.64. The molecule has 14 heavy (non-hydrogen) atoms. The molecule has 0 unspecified atom stereocenters. The Kier molecular flexibility index (Phi) is 4.22. The van der Waals surface area contributed by atoms with Gasteiger partial charge in [-0.25, -0.2) is 0 Å². The molecule has 0 radical (unpaired) electrons. The molecule has 0 aliphatic carbocycles. The fourth-order valence-electron chi connectivity index (χ4n) is 0.917. The highest BCUT2D eigenvalue weighted by molar-refractivity contribution is 5.94. The number of carbonyl (C=O) groups excluding carboxylic acids is 1. The molecule has 3 heteroatoms. The lowest BCUT2D eigenvalue weighted by molar-refractivity contribution is 0.0958. The van der Waals surface area contributed by atoms with Crippen LogP contribution in [0.15, 0.2) is 24.5 Å². The van der Waals surface area contributed by atoms with Gasteiger partial charge in [0.1, 0.15) is 0 Å². The number of rotatable bonds is 2. The van der Waals surface area contributed by atoms with E-state index < -0.39 is 0 Å². The fraction of sp³-hybridized carbons (Fsp3) is 0.273. The van der Waals surface area contributed by atoms with Gasteiger partial charge in [-0.3, -0.25) is 9.78 Å². The van der Waals surface area contributed by atoms with E-state index in [9.17, 15) is 4.79 Å². The molecule has 3 nitrogen and oxygen atoms in total. The summed E-state index contributed by atoms with van der Waals surface area (Å²) in [5.41, 5.74) is 0.610. The standard InChI is InChI=1S/C11H12N2O/c1-2-3-4-7-13-11(14)10-5-8-12-9-6-10/h5-6,8-9H,2,7H2,1H3,(H,13,14). The number of pyridine rings is 1. The number of hydrogen-bond acceptors (Lipinski definition) is 2. The van der Waals surface area contributed by atoms with Crippen molar-refractivity contribution in [3.8, 4) is 11.8 Å². The summed E-state index contributed by atoms with van der Waals surface area (Å²) in [5, 5.41) is 2.69. The molecule has 0 aromatic carbocycles. The summed E-state index contributed by atoms with van der Waals surface area (Å²) in [6.45, 7) is 2.37. The minimum Gasteiger partial charge on any atom is -0.341 e. The lowest BCUT2D eigenvalue weighted by atomic mass is 10.2. The molecule has 1 rings (SSSR count). The van der Waals surface area contributed by atoms with Gasteiger partial charge in [0.25, 0.3) is 5.91 Å². The highest BCUT2D eigenvalue weighted by Gasteiger charge is 2.01. The number of nitrogens with zero attached hydrogens (tertiary/aromatic N) is 1. The third-order valence-electron chi connectivity index (χ3n) is 1.58. The molecule has 0 saturated heterocycles. The van der Waals surface area contributed by atoms with Crippen LogP contribution < -0.4 is 5.32 Å². The predicted molar refractivity (Wildman–Crippen MR) is 54.6 cm³/mol. The lowest BCUT2D eigenvalue weighted by Crippen LogP contribution is -2.23. The summed E-state index contributed by atoms with van der Waals surface area (Å²) in [7, 11) is 0. The van der Waals surface area contributed by atoms with Gasteiger partial charge >= 0.3 is 0 Å². The van der Waals surface area contributed by atoms with E-state index in [0.717, 1.165) is 6.42 Å². The van der Waals surface area contributed by atoms with Gasteiger partial charge in [-0.05, 0) is 12.1 Å². The molecule has 0 spiro atoms. The molecular weight excluding hydrogens is 176 g/mol. The van der Waals surface area contributed by atoms with Gasteiger partial charge in [-0.2, -0.15) is 0 Å². The van der Waals surface area contributed by atoms with Gasteiger partial charge in [0, 0.05) is 24.4 Å². The average Bonchev–Trinajstić information content (AvgIpc) is 2.25. The molecule has 1 N–H and O–H groups in total. The highest BCUT2D eigenvalue weighted by Crippen LogP contribution is 1.94. The van der Waals surface area contributed by atoms with Crippen LogP contribution in [0.5, 0.6) is 0 Å². The maximum Gasteiger partial charge on any atom is 0.252 e. The van der Waals surface area contributed by atoms with Crippen LogP contribution in [0, 0.1) is 11.8 Å². The van der Waals surface area contributed by atoms with Crippen LogP contribution in [0.1, 0.15) is 23.7 Å². The molecule has 0 aliphatic rings. The molecule has 1 amide bonds. The zero-order valence-corrected chi connectivity index (χ0v) is 8.08. The summed E-state index contributed by atoms with van der Waals surface area (Å²) in [6, 6.07) is 3.34. The minimum absolute atomic E-state index is 0.113. The smallest absolute Gasteiger partial charge is 0.252 e. The Balaban J connectivity index is 2.44. The van der Waals surface area contributed by atoms with Crippen molar-refractivity contribution in [2.45, 2.75) is 13.3 Å². The second kappa shape index (κ2) is 5.76. The fourth-order valence-corrected chi connectivity index (χ4v) is 0.917. The first-order valence-corrected chi connectivity index (χ1v) is 4.48. The Labute approximate surface area is 83.6 Å². The summed E-state index contributed by atoms with van der Waals surface area (Å²) in [6.07, 6.45) is 3.99. The Morgan fingerprint density at radius 1 is 1.43 bits per heavy atom. The van der Waals surface area contributed by atoms with E-state index in [1.165, 1.54) is 0 Å². The number of hydrogen-bond donors (Lipinski definition) is 1. The van der Waals surface area contributed by atoms with E-state index in [-0.39, 0.29) is 5.91 Å². The molecular formula is C11H12N2O. The van der Waals surface area contributed by atoms with E-state index in [1.807, 2.05) is 6.92 Å². The molecule has 0 fully saturated rings. The molecule has 0 bridgehead atoms. The monoisotopic (exact) mass is 188 g/mol. The predicted octanol–water partition coefficient (Wildman–Crippen LogP) is 1.22. The Bertz CT molecular complexity index is 349. The van der Waals surface area contributed by atoms with Crippen molar-refractivity contribution in [3.05, 3.63) is 30.1 Å². The molecule has 72 valence electrons. The van der Waals surface area contributed by atoms with Gasteiger partial charge in [0.2, 0.25) is 0 Å². The van der Waals surface area contributed by atoms with E-state index in [1.54, 1.807) is 24.5 Å². The Morgan fingerprint density at radius 3 is 2.79 bits per heavy atom. The van der Waals surface area contributed by atoms with Crippen LogP contribution >= 0.6 is 0 Å². The second-order valence-corrected chi connectivity index (χ2v) is 2.63. The second-order valence-electron chi connectivity index (χ2n) is 2.63. The largest absolute Gasteiger partial charge is 0.341 e. The molecule has 0 atom stereocenters. The zero-order chi connectivity index (χ0) is 10.2. The maximum absolute atomic E-state index is 11.4. The number of nitrogens with one attached hydrogen (secondary N) is 1. The van der Waals surface area contributed by atoms with Crippen molar-refractivity contribution in [3.63, 3.8) is 0 Å². The maximum atomic E-state index is 11.4. The van der Waals surface area contributed by atoms with Crippen LogP contribution in [-0.2, 0) is 0 Å². The van der Waals surface area contributed by atoms with Crippen molar-refractivity contribution in [2.24, 2.45) is 0 Å². The first-order valence-electron chi connectivity index (χ1n) is 4.48. The topological polar surface area (TPSA) is 42.0 Å². The highest BCUT2D eigenvalue weighted by atomic mass is 16.1. The van der Waals surface area contributed by atoms with E-state index in [4.69, 9.17) is 0 Å². The summed E-state index contributed by atoms with van der Waals surface area (Å²) < 4.78 is 0. The third kappa shape index (κ3) is 3.28. The third-order valence-corrected chi connectivity index (χ3v) is 1.58. The van der Waals surface area contributed by atoms with Crippen LogP contribution in [-0.4, -0.2) is 17.4 Å². The molecule has 1 heterocycles. The van der Waals surface area contributed by atoms with E-state index in [2.05, 4.69) is 22.1 Å². The van der Waals surface area contributed by atoms with Gasteiger partial charge in [0.05, 0.1) is 6.54 Å². The number of amides is 1. The molecule has 0 saturated carbocycles. The average molecular weight is 188 g/mol. The van der Waals surface area contributed by atoms with E-state index in [0.29, 0.717) is 12.1 Å². The van der Waals surface area contributed by atoms with Crippen LogP contribution in [0.4, 0.5) is 0 Å².